The average Bonchev–Trinajstić information content (AvgIpc) is 2.15. The summed E-state index contributed by atoms with van der Waals surface area (Å²) in [7, 11) is 0. The standard InChI is InChI=1S/C11H9NO2/c1-8-4-2-5-10(11(13)14)9(8)6-3-7-12/h2-6H,1H3,(H,13,14). The van der Waals surface area contributed by atoms with Crippen molar-refractivity contribution in [2.75, 3.05) is 0 Å². The third-order valence-corrected chi connectivity index (χ3v) is 1.88. The molecule has 0 aliphatic carbocycles. The van der Waals surface area contributed by atoms with Crippen LogP contribution in [0.3, 0.4) is 0 Å². The number of carboxylic acids is 1. The van der Waals surface area contributed by atoms with Crippen LogP contribution in [0.4, 0.5) is 0 Å². The summed E-state index contributed by atoms with van der Waals surface area (Å²) in [4.78, 5) is 10.8. The Balaban J connectivity index is 3.31. The molecule has 0 aromatic heterocycles. The minimum Gasteiger partial charge on any atom is -0.478 e. The number of rotatable bonds is 2. The lowest BCUT2D eigenvalue weighted by Gasteiger charge is -2.03. The molecule has 0 saturated heterocycles. The number of benzene rings is 1. The van der Waals surface area contributed by atoms with Gasteiger partial charge in [0.05, 0.1) is 11.6 Å². The molecular formula is C11H9NO2. The summed E-state index contributed by atoms with van der Waals surface area (Å²) in [6, 6.07) is 6.85. The van der Waals surface area contributed by atoms with E-state index < -0.39 is 5.97 Å². The van der Waals surface area contributed by atoms with Gasteiger partial charge in [0.25, 0.3) is 0 Å². The summed E-state index contributed by atoms with van der Waals surface area (Å²) in [5.41, 5.74) is 1.65. The molecule has 0 saturated carbocycles. The fourth-order valence-corrected chi connectivity index (χ4v) is 1.21. The van der Waals surface area contributed by atoms with Crippen LogP contribution in [-0.4, -0.2) is 11.1 Å². The maximum absolute atomic E-state index is 10.8. The molecule has 1 aromatic rings. The Morgan fingerprint density at radius 3 is 2.86 bits per heavy atom. The summed E-state index contributed by atoms with van der Waals surface area (Å²) < 4.78 is 0. The molecular weight excluding hydrogens is 178 g/mol. The van der Waals surface area contributed by atoms with Crippen LogP contribution in [0.5, 0.6) is 0 Å². The van der Waals surface area contributed by atoms with Crippen LogP contribution in [0.2, 0.25) is 0 Å². The smallest absolute Gasteiger partial charge is 0.336 e. The molecule has 0 atom stereocenters. The highest BCUT2D eigenvalue weighted by Gasteiger charge is 2.08. The van der Waals surface area contributed by atoms with Gasteiger partial charge in [-0.1, -0.05) is 12.1 Å². The SMILES string of the molecule is Cc1cccc(C(=O)O)c1C=CC#N. The molecule has 0 heterocycles. The number of allylic oxidation sites excluding steroid dienone is 1. The van der Waals surface area contributed by atoms with E-state index >= 15 is 0 Å². The van der Waals surface area contributed by atoms with Gasteiger partial charge in [-0.15, -0.1) is 0 Å². The molecule has 0 aliphatic rings. The largest absolute Gasteiger partial charge is 0.478 e. The molecule has 14 heavy (non-hydrogen) atoms. The number of aromatic carboxylic acids is 1. The first kappa shape index (κ1) is 10.0. The molecule has 0 radical (unpaired) electrons. The molecule has 0 aliphatic heterocycles. The van der Waals surface area contributed by atoms with Crippen molar-refractivity contribution in [3.63, 3.8) is 0 Å². The average molecular weight is 187 g/mol. The van der Waals surface area contributed by atoms with Gasteiger partial charge in [-0.05, 0) is 30.2 Å². The topological polar surface area (TPSA) is 61.1 Å². The third kappa shape index (κ3) is 1.99. The molecule has 1 rings (SSSR count). The highest BCUT2D eigenvalue weighted by molar-refractivity contribution is 5.92. The molecule has 1 N–H and O–H groups in total. The second-order valence-electron chi connectivity index (χ2n) is 2.80. The van der Waals surface area contributed by atoms with Crippen molar-refractivity contribution in [3.8, 4) is 6.07 Å². The zero-order chi connectivity index (χ0) is 10.6. The second kappa shape index (κ2) is 4.24. The van der Waals surface area contributed by atoms with Crippen molar-refractivity contribution < 1.29 is 9.90 Å². The highest BCUT2D eigenvalue weighted by Crippen LogP contribution is 2.15. The number of carboxylic acid groups (broad SMARTS) is 1. The van der Waals surface area contributed by atoms with Gasteiger partial charge in [0.2, 0.25) is 0 Å². The second-order valence-corrected chi connectivity index (χ2v) is 2.80. The van der Waals surface area contributed by atoms with Gasteiger partial charge in [0.1, 0.15) is 0 Å². The van der Waals surface area contributed by atoms with Gasteiger partial charge >= 0.3 is 5.97 Å². The van der Waals surface area contributed by atoms with Crippen LogP contribution in [0, 0.1) is 18.3 Å². The Hall–Kier alpha value is -2.08. The van der Waals surface area contributed by atoms with Gasteiger partial charge in [0.15, 0.2) is 0 Å². The van der Waals surface area contributed by atoms with E-state index in [1.807, 2.05) is 19.1 Å². The molecule has 0 spiro atoms. The zero-order valence-electron chi connectivity index (χ0n) is 7.69. The molecule has 70 valence electrons. The van der Waals surface area contributed by atoms with Crippen LogP contribution in [0.25, 0.3) is 6.08 Å². The van der Waals surface area contributed by atoms with Crippen molar-refractivity contribution in [2.24, 2.45) is 0 Å². The van der Waals surface area contributed by atoms with E-state index in [1.165, 1.54) is 18.2 Å². The molecule has 0 bridgehead atoms. The first-order valence-electron chi connectivity index (χ1n) is 4.06. The molecule has 0 unspecified atom stereocenters. The maximum atomic E-state index is 10.8. The van der Waals surface area contributed by atoms with E-state index in [4.69, 9.17) is 10.4 Å². The molecule has 1 aromatic carbocycles. The first-order valence-corrected chi connectivity index (χ1v) is 4.06. The quantitative estimate of drug-likeness (QED) is 0.722. The third-order valence-electron chi connectivity index (χ3n) is 1.88. The minimum absolute atomic E-state index is 0.219. The lowest BCUT2D eigenvalue weighted by Crippen LogP contribution is -2.00. The predicted octanol–water partition coefficient (Wildman–Crippen LogP) is 2.23. The number of aryl methyl sites for hydroxylation is 1. The van der Waals surface area contributed by atoms with Gasteiger partial charge in [-0.3, -0.25) is 0 Å². The van der Waals surface area contributed by atoms with E-state index in [9.17, 15) is 4.79 Å². The molecule has 0 fully saturated rings. The highest BCUT2D eigenvalue weighted by atomic mass is 16.4. The Kier molecular flexibility index (Phi) is 3.03. The van der Waals surface area contributed by atoms with Crippen molar-refractivity contribution in [3.05, 3.63) is 41.0 Å². The minimum atomic E-state index is -0.980. The summed E-state index contributed by atoms with van der Waals surface area (Å²) in [5.74, 6) is -0.980. The van der Waals surface area contributed by atoms with Gasteiger partial charge in [-0.2, -0.15) is 5.26 Å². The van der Waals surface area contributed by atoms with Crippen molar-refractivity contribution >= 4 is 12.0 Å². The van der Waals surface area contributed by atoms with E-state index in [2.05, 4.69) is 0 Å². The van der Waals surface area contributed by atoms with Crippen molar-refractivity contribution in [2.45, 2.75) is 6.92 Å². The molecule has 3 heteroatoms. The van der Waals surface area contributed by atoms with E-state index in [1.54, 1.807) is 6.07 Å². The van der Waals surface area contributed by atoms with Crippen LogP contribution in [-0.2, 0) is 0 Å². The summed E-state index contributed by atoms with van der Waals surface area (Å²) >= 11 is 0. The molecule has 3 nitrogen and oxygen atoms in total. The normalized spacial score (nSPS) is 10.0. The zero-order valence-corrected chi connectivity index (χ0v) is 7.69. The summed E-state index contributed by atoms with van der Waals surface area (Å²) in [5, 5.41) is 17.2. The van der Waals surface area contributed by atoms with E-state index in [0.717, 1.165) is 5.56 Å². The number of carbonyl (C=O) groups is 1. The fraction of sp³-hybridized carbons (Fsp3) is 0.0909. The summed E-state index contributed by atoms with van der Waals surface area (Å²) in [6.45, 7) is 1.81. The Labute approximate surface area is 81.9 Å². The van der Waals surface area contributed by atoms with Crippen LogP contribution in [0.1, 0.15) is 21.5 Å². The van der Waals surface area contributed by atoms with Crippen LogP contribution in [0.15, 0.2) is 24.3 Å². The van der Waals surface area contributed by atoms with Crippen LogP contribution < -0.4 is 0 Å². The van der Waals surface area contributed by atoms with E-state index in [-0.39, 0.29) is 5.56 Å². The Bertz CT molecular complexity index is 427. The number of hydrogen-bond acceptors (Lipinski definition) is 2. The lowest BCUT2D eigenvalue weighted by atomic mass is 10.0. The number of hydrogen-bond donors (Lipinski definition) is 1. The van der Waals surface area contributed by atoms with Crippen molar-refractivity contribution in [1.82, 2.24) is 0 Å². The number of nitrogens with zero attached hydrogens (tertiary/aromatic N) is 1. The van der Waals surface area contributed by atoms with Crippen LogP contribution >= 0.6 is 0 Å². The first-order chi connectivity index (χ1) is 6.66. The fourth-order valence-electron chi connectivity index (χ4n) is 1.21. The van der Waals surface area contributed by atoms with Gasteiger partial charge < -0.3 is 5.11 Å². The van der Waals surface area contributed by atoms with Gasteiger partial charge in [-0.25, -0.2) is 4.79 Å². The summed E-state index contributed by atoms with van der Waals surface area (Å²) in [6.07, 6.45) is 2.79. The Morgan fingerprint density at radius 1 is 1.57 bits per heavy atom. The Morgan fingerprint density at radius 2 is 2.29 bits per heavy atom. The maximum Gasteiger partial charge on any atom is 0.336 e. The predicted molar refractivity (Wildman–Crippen MR) is 52.8 cm³/mol. The molecule has 0 amide bonds. The lowest BCUT2D eigenvalue weighted by molar-refractivity contribution is 0.0696. The van der Waals surface area contributed by atoms with Crippen molar-refractivity contribution in [1.29, 1.82) is 5.26 Å². The monoisotopic (exact) mass is 187 g/mol. The van der Waals surface area contributed by atoms with E-state index in [0.29, 0.717) is 5.56 Å². The number of nitriles is 1. The van der Waals surface area contributed by atoms with Gasteiger partial charge in [0, 0.05) is 6.08 Å².